The van der Waals surface area contributed by atoms with E-state index in [0.717, 1.165) is 12.1 Å². The number of rotatable bonds is 6. The van der Waals surface area contributed by atoms with Crippen molar-refractivity contribution in [2.75, 3.05) is 11.9 Å². The first kappa shape index (κ1) is 14.0. The van der Waals surface area contributed by atoms with Gasteiger partial charge < -0.3 is 10.1 Å². The Labute approximate surface area is 116 Å². The van der Waals surface area contributed by atoms with Crippen molar-refractivity contribution in [3.63, 3.8) is 0 Å². The Hall–Kier alpha value is -2.37. The number of aromatic amines is 1. The number of carbonyl (C=O) groups excluding carboxylic acids is 1. The monoisotopic (exact) mass is 277 g/mol. The number of nitrogens with zero attached hydrogens (tertiary/aromatic N) is 1. The van der Waals surface area contributed by atoms with Crippen molar-refractivity contribution < 1.29 is 13.9 Å². The zero-order valence-corrected chi connectivity index (χ0v) is 11.1. The van der Waals surface area contributed by atoms with E-state index in [0.29, 0.717) is 5.82 Å². The van der Waals surface area contributed by atoms with Gasteiger partial charge >= 0.3 is 0 Å². The molecule has 6 heteroatoms. The van der Waals surface area contributed by atoms with E-state index in [1.807, 2.05) is 6.92 Å². The Bertz CT molecular complexity index is 583. The lowest BCUT2D eigenvalue weighted by molar-refractivity contribution is -0.116. The third kappa shape index (κ3) is 3.81. The lowest BCUT2D eigenvalue weighted by Crippen LogP contribution is -2.15. The van der Waals surface area contributed by atoms with Gasteiger partial charge in [-0.15, -0.1) is 0 Å². The SMILES string of the molecule is CCc1cc(NC(=O)CCOc2ccccc2F)n[nH]1. The van der Waals surface area contributed by atoms with Crippen molar-refractivity contribution in [1.29, 1.82) is 0 Å². The summed E-state index contributed by atoms with van der Waals surface area (Å²) >= 11 is 0. The second-order valence-electron chi connectivity index (χ2n) is 4.21. The number of halogens is 1. The molecule has 0 bridgehead atoms. The van der Waals surface area contributed by atoms with E-state index in [2.05, 4.69) is 15.5 Å². The Morgan fingerprint density at radius 3 is 2.95 bits per heavy atom. The summed E-state index contributed by atoms with van der Waals surface area (Å²) < 4.78 is 18.5. The summed E-state index contributed by atoms with van der Waals surface area (Å²) in [6.45, 7) is 2.10. The molecular weight excluding hydrogens is 261 g/mol. The standard InChI is InChI=1S/C14H16FN3O2/c1-2-10-9-13(18-17-10)16-14(19)7-8-20-12-6-4-3-5-11(12)15/h3-6,9H,2,7-8H2,1H3,(H2,16,17,18,19). The summed E-state index contributed by atoms with van der Waals surface area (Å²) in [5.74, 6) is -0.0330. The average molecular weight is 277 g/mol. The third-order valence-corrected chi connectivity index (χ3v) is 2.70. The van der Waals surface area contributed by atoms with Crippen molar-refractivity contribution in [2.24, 2.45) is 0 Å². The zero-order valence-electron chi connectivity index (χ0n) is 11.1. The third-order valence-electron chi connectivity index (χ3n) is 2.70. The molecule has 0 radical (unpaired) electrons. The number of amides is 1. The fourth-order valence-electron chi connectivity index (χ4n) is 1.63. The van der Waals surface area contributed by atoms with E-state index in [4.69, 9.17) is 4.74 Å². The Balaban J connectivity index is 1.77. The molecule has 2 rings (SSSR count). The Morgan fingerprint density at radius 2 is 2.25 bits per heavy atom. The highest BCUT2D eigenvalue weighted by Crippen LogP contribution is 2.15. The predicted octanol–water partition coefficient (Wildman–Crippen LogP) is 2.52. The number of carbonyl (C=O) groups is 1. The van der Waals surface area contributed by atoms with E-state index in [9.17, 15) is 9.18 Å². The van der Waals surface area contributed by atoms with Crippen LogP contribution in [0.4, 0.5) is 10.2 Å². The Morgan fingerprint density at radius 1 is 1.45 bits per heavy atom. The molecule has 106 valence electrons. The van der Waals surface area contributed by atoms with Gasteiger partial charge in [0.2, 0.25) is 5.91 Å². The number of benzene rings is 1. The number of hydrogen-bond acceptors (Lipinski definition) is 3. The first-order chi connectivity index (χ1) is 9.69. The van der Waals surface area contributed by atoms with E-state index >= 15 is 0 Å². The molecule has 1 aromatic carbocycles. The highest BCUT2D eigenvalue weighted by atomic mass is 19.1. The van der Waals surface area contributed by atoms with Crippen LogP contribution >= 0.6 is 0 Å². The van der Waals surface area contributed by atoms with Gasteiger partial charge in [-0.25, -0.2) is 4.39 Å². The number of aromatic nitrogens is 2. The normalized spacial score (nSPS) is 10.3. The van der Waals surface area contributed by atoms with Crippen LogP contribution in [0.1, 0.15) is 19.0 Å². The molecule has 0 spiro atoms. The molecule has 20 heavy (non-hydrogen) atoms. The van der Waals surface area contributed by atoms with Crippen LogP contribution < -0.4 is 10.1 Å². The number of aryl methyl sites for hydroxylation is 1. The van der Waals surface area contributed by atoms with Gasteiger partial charge in [0.05, 0.1) is 13.0 Å². The highest BCUT2D eigenvalue weighted by molar-refractivity contribution is 5.89. The maximum Gasteiger partial charge on any atom is 0.229 e. The summed E-state index contributed by atoms with van der Waals surface area (Å²) in [6.07, 6.45) is 0.946. The summed E-state index contributed by atoms with van der Waals surface area (Å²) in [7, 11) is 0. The molecule has 1 amide bonds. The molecule has 0 atom stereocenters. The van der Waals surface area contributed by atoms with Crippen LogP contribution in [0.3, 0.4) is 0 Å². The molecular formula is C14H16FN3O2. The number of anilines is 1. The number of ether oxygens (including phenoxy) is 1. The van der Waals surface area contributed by atoms with E-state index in [1.165, 1.54) is 12.1 Å². The molecule has 0 aliphatic heterocycles. The molecule has 0 aliphatic rings. The van der Waals surface area contributed by atoms with Crippen LogP contribution in [0, 0.1) is 5.82 Å². The number of nitrogens with one attached hydrogen (secondary N) is 2. The molecule has 0 unspecified atom stereocenters. The van der Waals surface area contributed by atoms with Crippen molar-refractivity contribution >= 4 is 11.7 Å². The van der Waals surface area contributed by atoms with Gasteiger partial charge in [0.25, 0.3) is 0 Å². The molecule has 0 fully saturated rings. The fourth-order valence-corrected chi connectivity index (χ4v) is 1.63. The van der Waals surface area contributed by atoms with Crippen LogP contribution in [-0.2, 0) is 11.2 Å². The Kier molecular flexibility index (Phi) is 4.70. The van der Waals surface area contributed by atoms with Gasteiger partial charge in [0, 0.05) is 11.8 Å². The van der Waals surface area contributed by atoms with Crippen LogP contribution in [0.5, 0.6) is 5.75 Å². The molecule has 2 N–H and O–H groups in total. The highest BCUT2D eigenvalue weighted by Gasteiger charge is 2.07. The van der Waals surface area contributed by atoms with Gasteiger partial charge in [-0.05, 0) is 18.6 Å². The minimum Gasteiger partial charge on any atom is -0.490 e. The maximum atomic E-state index is 13.3. The first-order valence-corrected chi connectivity index (χ1v) is 6.40. The minimum atomic E-state index is -0.437. The van der Waals surface area contributed by atoms with E-state index in [-0.39, 0.29) is 24.7 Å². The van der Waals surface area contributed by atoms with Crippen molar-refractivity contribution in [3.8, 4) is 5.75 Å². The van der Waals surface area contributed by atoms with Gasteiger partial charge in [-0.2, -0.15) is 5.10 Å². The van der Waals surface area contributed by atoms with Gasteiger partial charge in [-0.1, -0.05) is 19.1 Å². The first-order valence-electron chi connectivity index (χ1n) is 6.40. The largest absolute Gasteiger partial charge is 0.490 e. The summed E-state index contributed by atoms with van der Waals surface area (Å²) in [6, 6.07) is 7.86. The number of para-hydroxylation sites is 1. The van der Waals surface area contributed by atoms with Crippen LogP contribution in [-0.4, -0.2) is 22.7 Å². The molecule has 0 aliphatic carbocycles. The van der Waals surface area contributed by atoms with Gasteiger partial charge in [-0.3, -0.25) is 9.89 Å². The second-order valence-corrected chi connectivity index (χ2v) is 4.21. The summed E-state index contributed by atoms with van der Waals surface area (Å²) in [5, 5.41) is 9.40. The lowest BCUT2D eigenvalue weighted by atomic mass is 10.3. The average Bonchev–Trinajstić information content (AvgIpc) is 2.88. The molecule has 0 saturated heterocycles. The number of hydrogen-bond donors (Lipinski definition) is 2. The lowest BCUT2D eigenvalue weighted by Gasteiger charge is -2.06. The van der Waals surface area contributed by atoms with Crippen LogP contribution in [0.15, 0.2) is 30.3 Å². The molecule has 1 heterocycles. The maximum absolute atomic E-state index is 13.3. The van der Waals surface area contributed by atoms with E-state index < -0.39 is 5.82 Å². The molecule has 1 aromatic heterocycles. The second kappa shape index (κ2) is 6.70. The summed E-state index contributed by atoms with van der Waals surface area (Å²) in [5.41, 5.74) is 0.947. The van der Waals surface area contributed by atoms with E-state index in [1.54, 1.807) is 18.2 Å². The van der Waals surface area contributed by atoms with Crippen molar-refractivity contribution in [1.82, 2.24) is 10.2 Å². The molecule has 2 aromatic rings. The topological polar surface area (TPSA) is 67.0 Å². The number of H-pyrrole nitrogens is 1. The predicted molar refractivity (Wildman–Crippen MR) is 73.1 cm³/mol. The smallest absolute Gasteiger partial charge is 0.229 e. The fraction of sp³-hybridized carbons (Fsp3) is 0.286. The zero-order chi connectivity index (χ0) is 14.4. The van der Waals surface area contributed by atoms with Gasteiger partial charge in [0.1, 0.15) is 0 Å². The van der Waals surface area contributed by atoms with Crippen molar-refractivity contribution in [2.45, 2.75) is 19.8 Å². The quantitative estimate of drug-likeness (QED) is 0.852. The molecule has 0 saturated carbocycles. The van der Waals surface area contributed by atoms with Crippen LogP contribution in [0.25, 0.3) is 0 Å². The van der Waals surface area contributed by atoms with Crippen LogP contribution in [0.2, 0.25) is 0 Å². The minimum absolute atomic E-state index is 0.109. The van der Waals surface area contributed by atoms with Crippen molar-refractivity contribution in [3.05, 3.63) is 41.8 Å². The molecule has 5 nitrogen and oxygen atoms in total. The van der Waals surface area contributed by atoms with Gasteiger partial charge in [0.15, 0.2) is 17.4 Å². The summed E-state index contributed by atoms with van der Waals surface area (Å²) in [4.78, 5) is 11.6.